The van der Waals surface area contributed by atoms with Crippen molar-refractivity contribution in [2.24, 2.45) is 0 Å². The van der Waals surface area contributed by atoms with Crippen LogP contribution in [-0.2, 0) is 12.7 Å². The van der Waals surface area contributed by atoms with Crippen molar-refractivity contribution in [1.29, 1.82) is 0 Å². The van der Waals surface area contributed by atoms with E-state index >= 15 is 0 Å². The first-order valence-electron chi connectivity index (χ1n) is 8.47. The Hall–Kier alpha value is -2.79. The van der Waals surface area contributed by atoms with Crippen molar-refractivity contribution in [3.8, 4) is 22.1 Å². The summed E-state index contributed by atoms with van der Waals surface area (Å²) in [5.41, 5.74) is -0.563. The van der Waals surface area contributed by atoms with E-state index < -0.39 is 11.9 Å². The highest BCUT2D eigenvalue weighted by Gasteiger charge is 2.34. The Morgan fingerprint density at radius 1 is 1.10 bits per heavy atom. The van der Waals surface area contributed by atoms with E-state index in [4.69, 9.17) is 0 Å². The van der Waals surface area contributed by atoms with Crippen LogP contribution in [0.2, 0.25) is 0 Å². The molecule has 0 N–H and O–H groups in total. The maximum atomic E-state index is 13.4. The quantitative estimate of drug-likeness (QED) is 0.410. The van der Waals surface area contributed by atoms with Gasteiger partial charge < -0.3 is 4.57 Å². The second-order valence-corrected chi connectivity index (χ2v) is 7.71. The lowest BCUT2D eigenvalue weighted by atomic mass is 10.2. The summed E-state index contributed by atoms with van der Waals surface area (Å²) in [4.78, 5) is 12.8. The maximum absolute atomic E-state index is 13.4. The first-order chi connectivity index (χ1) is 14.0. The van der Waals surface area contributed by atoms with Crippen LogP contribution in [0, 0.1) is 0 Å². The molecule has 0 saturated heterocycles. The molecule has 4 aromatic heterocycles. The number of hydrogen-bond acceptors (Lipinski definition) is 7. The summed E-state index contributed by atoms with van der Waals surface area (Å²) in [5, 5.41) is 10.9. The van der Waals surface area contributed by atoms with Crippen molar-refractivity contribution in [2.75, 3.05) is 0 Å². The zero-order valence-corrected chi connectivity index (χ0v) is 16.6. The third-order valence-electron chi connectivity index (χ3n) is 3.90. The Morgan fingerprint density at radius 2 is 1.90 bits per heavy atom. The number of aromatic nitrogens is 6. The third kappa shape index (κ3) is 4.15. The Balaban J connectivity index is 1.76. The van der Waals surface area contributed by atoms with Crippen molar-refractivity contribution < 1.29 is 13.2 Å². The van der Waals surface area contributed by atoms with Gasteiger partial charge in [-0.3, -0.25) is 4.98 Å². The van der Waals surface area contributed by atoms with E-state index in [1.807, 2.05) is 29.0 Å². The number of pyridine rings is 1. The molecule has 0 spiro atoms. The molecule has 0 radical (unpaired) electrons. The molecule has 4 rings (SSSR count). The summed E-state index contributed by atoms with van der Waals surface area (Å²) in [6.45, 7) is 2.49. The van der Waals surface area contributed by atoms with E-state index in [-0.39, 0.29) is 10.9 Å². The van der Waals surface area contributed by atoms with Crippen molar-refractivity contribution >= 4 is 23.1 Å². The van der Waals surface area contributed by atoms with E-state index in [0.717, 1.165) is 22.7 Å². The molecule has 0 unspecified atom stereocenters. The van der Waals surface area contributed by atoms with Crippen molar-refractivity contribution in [1.82, 2.24) is 29.7 Å². The van der Waals surface area contributed by atoms with Gasteiger partial charge in [-0.25, -0.2) is 9.97 Å². The lowest BCUT2D eigenvalue weighted by Gasteiger charge is -2.11. The minimum atomic E-state index is -4.60. The minimum Gasteiger partial charge on any atom is -0.301 e. The van der Waals surface area contributed by atoms with Crippen molar-refractivity contribution in [3.05, 3.63) is 53.8 Å². The smallest absolute Gasteiger partial charge is 0.301 e. The van der Waals surface area contributed by atoms with Crippen LogP contribution in [0.1, 0.15) is 12.6 Å². The average molecular weight is 434 g/mol. The van der Waals surface area contributed by atoms with E-state index in [2.05, 4.69) is 25.1 Å². The molecule has 0 aromatic carbocycles. The van der Waals surface area contributed by atoms with Crippen LogP contribution in [0.3, 0.4) is 0 Å². The van der Waals surface area contributed by atoms with Crippen molar-refractivity contribution in [2.45, 2.75) is 29.8 Å². The summed E-state index contributed by atoms with van der Waals surface area (Å²) in [6, 6.07) is 7.88. The fourth-order valence-corrected chi connectivity index (χ4v) is 4.20. The van der Waals surface area contributed by atoms with Gasteiger partial charge in [-0.2, -0.15) is 13.2 Å². The first-order valence-corrected chi connectivity index (χ1v) is 10.2. The molecule has 4 heterocycles. The predicted molar refractivity (Wildman–Crippen MR) is 103 cm³/mol. The molecule has 4 aromatic rings. The van der Waals surface area contributed by atoms with Crippen LogP contribution in [-0.4, -0.2) is 29.7 Å². The SMILES string of the molecule is CCn1c(Sc2cc(C(F)(F)F)nc(-c3ccncc3)n2)nnc1-c1cccs1. The van der Waals surface area contributed by atoms with Crippen LogP contribution >= 0.6 is 23.1 Å². The second kappa shape index (κ2) is 7.91. The van der Waals surface area contributed by atoms with Gasteiger partial charge in [0.15, 0.2) is 16.8 Å². The molecule has 0 bridgehead atoms. The predicted octanol–water partition coefficient (Wildman–Crippen LogP) is 5.05. The highest BCUT2D eigenvalue weighted by Crippen LogP contribution is 2.35. The molecule has 0 saturated carbocycles. The van der Waals surface area contributed by atoms with E-state index in [9.17, 15) is 13.2 Å². The zero-order chi connectivity index (χ0) is 20.4. The van der Waals surface area contributed by atoms with Crippen molar-refractivity contribution in [3.63, 3.8) is 0 Å². The first kappa shape index (κ1) is 19.5. The highest BCUT2D eigenvalue weighted by molar-refractivity contribution is 7.99. The fraction of sp³-hybridized carbons (Fsp3) is 0.167. The Bertz CT molecular complexity index is 1110. The lowest BCUT2D eigenvalue weighted by Crippen LogP contribution is -2.10. The second-order valence-electron chi connectivity index (χ2n) is 5.78. The molecule has 0 aliphatic heterocycles. The van der Waals surface area contributed by atoms with Gasteiger partial charge in [0.25, 0.3) is 0 Å². The number of halogens is 3. The standard InChI is InChI=1S/C18H13F3N6S2/c1-2-27-16(12-4-3-9-28-12)25-26-17(27)29-14-10-13(18(19,20)21)23-15(24-14)11-5-7-22-8-6-11/h3-10H,2H2,1H3. The summed E-state index contributed by atoms with van der Waals surface area (Å²) in [5.74, 6) is 0.648. The summed E-state index contributed by atoms with van der Waals surface area (Å²) < 4.78 is 42.0. The average Bonchev–Trinajstić information content (AvgIpc) is 3.37. The van der Waals surface area contributed by atoms with Gasteiger partial charge >= 0.3 is 6.18 Å². The zero-order valence-electron chi connectivity index (χ0n) is 15.0. The van der Waals surface area contributed by atoms with E-state index in [0.29, 0.717) is 23.1 Å². The Kier molecular flexibility index (Phi) is 5.33. The number of hydrogen-bond donors (Lipinski definition) is 0. The molecule has 0 aliphatic rings. The van der Waals surface area contributed by atoms with Gasteiger partial charge in [-0.1, -0.05) is 6.07 Å². The number of nitrogens with zero attached hydrogens (tertiary/aromatic N) is 6. The van der Waals surface area contributed by atoms with Crippen LogP contribution in [0.5, 0.6) is 0 Å². The van der Waals surface area contributed by atoms with Crippen LogP contribution in [0.25, 0.3) is 22.1 Å². The van der Waals surface area contributed by atoms with Crippen LogP contribution < -0.4 is 0 Å². The number of alkyl halides is 3. The molecule has 6 nitrogen and oxygen atoms in total. The third-order valence-corrected chi connectivity index (χ3v) is 5.67. The normalized spacial score (nSPS) is 11.7. The molecule has 0 aliphatic carbocycles. The fourth-order valence-electron chi connectivity index (χ4n) is 2.58. The Morgan fingerprint density at radius 3 is 2.55 bits per heavy atom. The van der Waals surface area contributed by atoms with Crippen LogP contribution in [0.15, 0.2) is 58.3 Å². The maximum Gasteiger partial charge on any atom is 0.433 e. The highest BCUT2D eigenvalue weighted by atomic mass is 32.2. The van der Waals surface area contributed by atoms with Gasteiger partial charge in [-0.05, 0) is 42.3 Å². The van der Waals surface area contributed by atoms with Gasteiger partial charge in [0.05, 0.1) is 4.88 Å². The van der Waals surface area contributed by atoms with Gasteiger partial charge in [0.2, 0.25) is 0 Å². The topological polar surface area (TPSA) is 69.4 Å². The molecule has 148 valence electrons. The summed E-state index contributed by atoms with van der Waals surface area (Å²) in [6.07, 6.45) is -1.64. The lowest BCUT2D eigenvalue weighted by molar-refractivity contribution is -0.141. The van der Waals surface area contributed by atoms with E-state index in [1.54, 1.807) is 12.1 Å². The summed E-state index contributed by atoms with van der Waals surface area (Å²) >= 11 is 2.54. The van der Waals surface area contributed by atoms with E-state index in [1.165, 1.54) is 23.7 Å². The molecule has 0 amide bonds. The van der Waals surface area contributed by atoms with Gasteiger partial charge in [0.1, 0.15) is 10.7 Å². The monoisotopic (exact) mass is 434 g/mol. The number of thiophene rings is 1. The van der Waals surface area contributed by atoms with Gasteiger partial charge in [0, 0.05) is 30.6 Å². The molecule has 0 atom stereocenters. The van der Waals surface area contributed by atoms with Crippen LogP contribution in [0.4, 0.5) is 13.2 Å². The molecular formula is C18H13F3N6S2. The molecule has 0 fully saturated rings. The minimum absolute atomic E-state index is 0.0224. The molecule has 29 heavy (non-hydrogen) atoms. The largest absolute Gasteiger partial charge is 0.433 e. The molecule has 11 heteroatoms. The van der Waals surface area contributed by atoms with Gasteiger partial charge in [-0.15, -0.1) is 21.5 Å². The molecular weight excluding hydrogens is 421 g/mol. The number of rotatable bonds is 5. The Labute approximate surface area is 171 Å². The summed E-state index contributed by atoms with van der Waals surface area (Å²) in [7, 11) is 0.